The lowest BCUT2D eigenvalue weighted by Crippen LogP contribution is -2.31. The first-order chi connectivity index (χ1) is 17.1. The van der Waals surface area contributed by atoms with Crippen LogP contribution in [0.5, 0.6) is 0 Å². The average molecular weight is 502 g/mol. The van der Waals surface area contributed by atoms with Crippen LogP contribution in [0.4, 0.5) is 13.2 Å². The van der Waals surface area contributed by atoms with Crippen LogP contribution in [-0.4, -0.2) is 45.1 Å². The van der Waals surface area contributed by atoms with E-state index in [1.54, 1.807) is 36.1 Å². The molecule has 190 valence electrons. The van der Waals surface area contributed by atoms with E-state index in [-0.39, 0.29) is 36.1 Å². The molecule has 0 radical (unpaired) electrons. The van der Waals surface area contributed by atoms with Gasteiger partial charge in [0.05, 0.1) is 28.9 Å². The summed E-state index contributed by atoms with van der Waals surface area (Å²) in [6, 6.07) is 6.36. The van der Waals surface area contributed by atoms with Gasteiger partial charge in [-0.2, -0.15) is 13.2 Å². The standard InChI is InChI=1S/C26H26F3N3O4/c1-4-31(24(34)16-6-7-16)14-17-12-18(26(27,28)29)8-9-19(17)22-13-20(23(33)25(35)36-5-2)21-10-11-30-15(3)32(21)22/h8-13,16H,4-7,14H2,1-3H3. The van der Waals surface area contributed by atoms with Gasteiger partial charge in [0.25, 0.3) is 5.78 Å². The minimum absolute atomic E-state index is 0.0225. The van der Waals surface area contributed by atoms with E-state index in [0.717, 1.165) is 25.0 Å². The van der Waals surface area contributed by atoms with Crippen molar-refractivity contribution in [2.24, 2.45) is 5.92 Å². The molecule has 4 rings (SSSR count). The van der Waals surface area contributed by atoms with E-state index in [2.05, 4.69) is 4.98 Å². The molecule has 2 heterocycles. The normalized spacial score (nSPS) is 13.6. The van der Waals surface area contributed by atoms with Gasteiger partial charge in [0, 0.05) is 30.8 Å². The molecule has 1 aliphatic carbocycles. The van der Waals surface area contributed by atoms with Gasteiger partial charge in [0.2, 0.25) is 5.91 Å². The molecule has 1 aliphatic rings. The topological polar surface area (TPSA) is 81.0 Å². The molecule has 2 aromatic heterocycles. The molecule has 0 unspecified atom stereocenters. The minimum Gasteiger partial charge on any atom is -0.460 e. The molecule has 1 amide bonds. The number of ketones is 1. The molecule has 36 heavy (non-hydrogen) atoms. The van der Waals surface area contributed by atoms with E-state index < -0.39 is 23.5 Å². The molecule has 7 nitrogen and oxygen atoms in total. The summed E-state index contributed by atoms with van der Waals surface area (Å²) in [6.45, 7) is 5.39. The van der Waals surface area contributed by atoms with Gasteiger partial charge in [0.1, 0.15) is 5.82 Å². The molecule has 0 saturated heterocycles. The number of ether oxygens (including phenoxy) is 1. The molecular formula is C26H26F3N3O4. The lowest BCUT2D eigenvalue weighted by Gasteiger charge is -2.23. The van der Waals surface area contributed by atoms with Crippen LogP contribution in [-0.2, 0) is 27.0 Å². The molecule has 0 spiro atoms. The van der Waals surface area contributed by atoms with Crippen molar-refractivity contribution in [2.75, 3.05) is 13.2 Å². The van der Waals surface area contributed by atoms with Crippen LogP contribution in [0.15, 0.2) is 36.5 Å². The van der Waals surface area contributed by atoms with Gasteiger partial charge in [-0.05, 0) is 63.4 Å². The summed E-state index contributed by atoms with van der Waals surface area (Å²) in [7, 11) is 0. The van der Waals surface area contributed by atoms with Gasteiger partial charge in [-0.1, -0.05) is 6.07 Å². The molecule has 1 saturated carbocycles. The first-order valence-electron chi connectivity index (χ1n) is 11.7. The van der Waals surface area contributed by atoms with Crippen LogP contribution >= 0.6 is 0 Å². The molecule has 0 aliphatic heterocycles. The van der Waals surface area contributed by atoms with E-state index in [1.165, 1.54) is 18.3 Å². The predicted octanol–water partition coefficient (Wildman–Crippen LogP) is 4.83. The Balaban J connectivity index is 1.90. The lowest BCUT2D eigenvalue weighted by atomic mass is 9.99. The number of aromatic nitrogens is 2. The zero-order valence-electron chi connectivity index (χ0n) is 20.2. The first-order valence-corrected chi connectivity index (χ1v) is 11.7. The number of halogens is 3. The Labute approximate surface area is 205 Å². The third-order valence-corrected chi connectivity index (χ3v) is 6.25. The first kappa shape index (κ1) is 25.4. The summed E-state index contributed by atoms with van der Waals surface area (Å²) >= 11 is 0. The predicted molar refractivity (Wildman–Crippen MR) is 125 cm³/mol. The largest absolute Gasteiger partial charge is 0.460 e. The van der Waals surface area contributed by atoms with E-state index in [1.807, 2.05) is 0 Å². The van der Waals surface area contributed by atoms with Gasteiger partial charge in [-0.15, -0.1) is 0 Å². The Bertz CT molecular complexity index is 1340. The monoisotopic (exact) mass is 501 g/mol. The maximum atomic E-state index is 13.6. The number of hydrogen-bond acceptors (Lipinski definition) is 5. The van der Waals surface area contributed by atoms with Gasteiger partial charge in [-0.25, -0.2) is 9.78 Å². The van der Waals surface area contributed by atoms with Gasteiger partial charge >= 0.3 is 12.1 Å². The zero-order valence-corrected chi connectivity index (χ0v) is 20.2. The molecule has 0 atom stereocenters. The van der Waals surface area contributed by atoms with Crippen molar-refractivity contribution < 1.29 is 32.3 Å². The number of benzene rings is 1. The third kappa shape index (κ3) is 4.84. The second-order valence-corrected chi connectivity index (χ2v) is 8.70. The van der Waals surface area contributed by atoms with E-state index in [4.69, 9.17) is 4.74 Å². The van der Waals surface area contributed by atoms with Crippen molar-refractivity contribution in [1.82, 2.24) is 14.3 Å². The smallest absolute Gasteiger partial charge is 0.416 e. The number of esters is 1. The van der Waals surface area contributed by atoms with E-state index in [9.17, 15) is 27.6 Å². The lowest BCUT2D eigenvalue weighted by molar-refractivity contribution is -0.138. The number of fused-ring (bicyclic) bond motifs is 1. The number of rotatable bonds is 8. The highest BCUT2D eigenvalue weighted by Crippen LogP contribution is 2.37. The van der Waals surface area contributed by atoms with Crippen molar-refractivity contribution in [3.63, 3.8) is 0 Å². The summed E-state index contributed by atoms with van der Waals surface area (Å²) in [4.78, 5) is 43.6. The number of aryl methyl sites for hydroxylation is 1. The number of nitrogens with zero attached hydrogens (tertiary/aromatic N) is 3. The van der Waals surface area contributed by atoms with Crippen LogP contribution in [0, 0.1) is 12.8 Å². The summed E-state index contributed by atoms with van der Waals surface area (Å²) in [5.41, 5.74) is 0.665. The van der Waals surface area contributed by atoms with Gasteiger partial charge < -0.3 is 9.64 Å². The van der Waals surface area contributed by atoms with Crippen LogP contribution in [0.1, 0.15) is 54.0 Å². The number of alkyl halides is 3. The molecule has 1 fully saturated rings. The second kappa shape index (κ2) is 9.75. The Morgan fingerprint density at radius 2 is 1.86 bits per heavy atom. The molecule has 3 aromatic rings. The average Bonchev–Trinajstić information content (AvgIpc) is 3.62. The molecular weight excluding hydrogens is 475 g/mol. The highest BCUT2D eigenvalue weighted by Gasteiger charge is 2.35. The van der Waals surface area contributed by atoms with Crippen LogP contribution in [0.25, 0.3) is 16.8 Å². The number of Topliss-reactive ketones (excluding diaryl/α,β-unsaturated/α-hetero) is 1. The summed E-state index contributed by atoms with van der Waals surface area (Å²) < 4.78 is 47.3. The van der Waals surface area contributed by atoms with Crippen molar-refractivity contribution in [2.45, 2.75) is 46.3 Å². The molecule has 10 heteroatoms. The SMILES string of the molecule is CCOC(=O)C(=O)c1cc(-c2ccc(C(F)(F)F)cc2CN(CC)C(=O)C2CC2)n2c(C)nccc12. The second-order valence-electron chi connectivity index (χ2n) is 8.70. The van der Waals surface area contributed by atoms with Crippen LogP contribution in [0.3, 0.4) is 0 Å². The Morgan fingerprint density at radius 3 is 2.47 bits per heavy atom. The van der Waals surface area contributed by atoms with Crippen molar-refractivity contribution in [3.05, 3.63) is 59.0 Å². The fourth-order valence-electron chi connectivity index (χ4n) is 4.29. The molecule has 0 N–H and O–H groups in total. The summed E-state index contributed by atoms with van der Waals surface area (Å²) in [6.07, 6.45) is -1.54. The zero-order chi connectivity index (χ0) is 26.2. The Kier molecular flexibility index (Phi) is 6.88. The maximum Gasteiger partial charge on any atom is 0.416 e. The number of amides is 1. The number of hydrogen-bond donors (Lipinski definition) is 0. The third-order valence-electron chi connectivity index (χ3n) is 6.25. The van der Waals surface area contributed by atoms with Crippen molar-refractivity contribution in [1.29, 1.82) is 0 Å². The van der Waals surface area contributed by atoms with E-state index in [0.29, 0.717) is 29.1 Å². The summed E-state index contributed by atoms with van der Waals surface area (Å²) in [5, 5.41) is 0. The number of carbonyl (C=O) groups is 3. The quantitative estimate of drug-likeness (QED) is 0.251. The summed E-state index contributed by atoms with van der Waals surface area (Å²) in [5.74, 6) is -1.59. The highest BCUT2D eigenvalue weighted by atomic mass is 19.4. The minimum atomic E-state index is -4.57. The van der Waals surface area contributed by atoms with Crippen molar-refractivity contribution in [3.8, 4) is 11.3 Å². The molecule has 1 aromatic carbocycles. The van der Waals surface area contributed by atoms with Crippen molar-refractivity contribution >= 4 is 23.2 Å². The van der Waals surface area contributed by atoms with E-state index >= 15 is 0 Å². The maximum absolute atomic E-state index is 13.6. The van der Waals surface area contributed by atoms with Crippen LogP contribution in [0.2, 0.25) is 0 Å². The van der Waals surface area contributed by atoms with Crippen LogP contribution < -0.4 is 0 Å². The van der Waals surface area contributed by atoms with Gasteiger partial charge in [0.15, 0.2) is 0 Å². The highest BCUT2D eigenvalue weighted by molar-refractivity contribution is 6.42. The number of carbonyl (C=O) groups excluding carboxylic acids is 3. The Hall–Kier alpha value is -3.69. The fraction of sp³-hybridized carbons (Fsp3) is 0.385. The Morgan fingerprint density at radius 1 is 1.14 bits per heavy atom. The van der Waals surface area contributed by atoms with Gasteiger partial charge in [-0.3, -0.25) is 14.0 Å². The molecule has 0 bridgehead atoms. The fourth-order valence-corrected chi connectivity index (χ4v) is 4.29.